The van der Waals surface area contributed by atoms with Gasteiger partial charge in [-0.05, 0) is 31.2 Å². The van der Waals surface area contributed by atoms with Crippen LogP contribution in [0.15, 0.2) is 41.0 Å². The van der Waals surface area contributed by atoms with Gasteiger partial charge in [-0.1, -0.05) is 35.0 Å². The summed E-state index contributed by atoms with van der Waals surface area (Å²) in [5, 5.41) is 13.5. The number of rotatable bonds is 5. The molecule has 6 nitrogen and oxygen atoms in total. The number of nitrogens with one attached hydrogen (secondary N) is 1. The third kappa shape index (κ3) is 4.27. The fraction of sp³-hybridized carbons (Fsp3) is 0.111. The zero-order valence-electron chi connectivity index (χ0n) is 15.1. The zero-order valence-corrected chi connectivity index (χ0v) is 18.2. The molecule has 30 heavy (non-hydrogen) atoms. The summed E-state index contributed by atoms with van der Waals surface area (Å²) in [4.78, 5) is 16.8. The Kier molecular flexibility index (Phi) is 5.92. The molecule has 0 spiro atoms. The van der Waals surface area contributed by atoms with E-state index in [0.717, 1.165) is 12.1 Å². The summed E-state index contributed by atoms with van der Waals surface area (Å²) in [5.74, 6) is -2.20. The maximum atomic E-state index is 13.4. The largest absolute Gasteiger partial charge is 0.301 e. The van der Waals surface area contributed by atoms with E-state index in [4.69, 9.17) is 23.2 Å². The maximum Gasteiger partial charge on any atom is 0.239 e. The highest BCUT2D eigenvalue weighted by atomic mass is 35.5. The lowest BCUT2D eigenvalue weighted by molar-refractivity contribution is -0.115. The predicted octanol–water partition coefficient (Wildman–Crippen LogP) is 5.56. The van der Waals surface area contributed by atoms with Crippen molar-refractivity contribution < 1.29 is 13.6 Å². The lowest BCUT2D eigenvalue weighted by Gasteiger charge is -2.09. The van der Waals surface area contributed by atoms with Gasteiger partial charge >= 0.3 is 0 Å². The smallest absolute Gasteiger partial charge is 0.239 e. The number of thioether (sulfide) groups is 1. The number of carbonyl (C=O) groups excluding carboxylic acids is 1. The van der Waals surface area contributed by atoms with Crippen molar-refractivity contribution in [1.82, 2.24) is 19.6 Å². The van der Waals surface area contributed by atoms with Crippen molar-refractivity contribution in [3.8, 4) is 11.3 Å². The summed E-state index contributed by atoms with van der Waals surface area (Å²) in [6.07, 6.45) is 1.62. The summed E-state index contributed by atoms with van der Waals surface area (Å²) >= 11 is 14.5. The fourth-order valence-corrected chi connectivity index (χ4v) is 4.58. The van der Waals surface area contributed by atoms with E-state index in [0.29, 0.717) is 37.2 Å². The van der Waals surface area contributed by atoms with E-state index in [9.17, 15) is 13.6 Å². The number of aromatic nitrogens is 4. The molecule has 154 valence electrons. The van der Waals surface area contributed by atoms with Crippen LogP contribution in [-0.2, 0) is 4.79 Å². The Labute approximate surface area is 187 Å². The van der Waals surface area contributed by atoms with E-state index in [1.54, 1.807) is 29.0 Å². The molecular weight excluding hydrogens is 475 g/mol. The van der Waals surface area contributed by atoms with Crippen molar-refractivity contribution in [3.63, 3.8) is 0 Å². The van der Waals surface area contributed by atoms with Gasteiger partial charge in [0.2, 0.25) is 5.91 Å². The third-order valence-electron chi connectivity index (χ3n) is 4.00. The molecule has 1 amide bonds. The van der Waals surface area contributed by atoms with Gasteiger partial charge in [0.25, 0.3) is 0 Å². The molecule has 0 saturated carbocycles. The first-order valence-electron chi connectivity index (χ1n) is 8.40. The third-order valence-corrected chi connectivity index (χ3v) is 6.30. The number of thiazole rings is 1. The van der Waals surface area contributed by atoms with Crippen LogP contribution in [-0.4, -0.2) is 30.7 Å². The second-order valence-electron chi connectivity index (χ2n) is 6.10. The van der Waals surface area contributed by atoms with Gasteiger partial charge in [-0.3, -0.25) is 9.20 Å². The molecule has 4 aromatic rings. The summed E-state index contributed by atoms with van der Waals surface area (Å²) in [7, 11) is 0. The van der Waals surface area contributed by atoms with Crippen LogP contribution >= 0.6 is 46.3 Å². The van der Waals surface area contributed by atoms with E-state index in [2.05, 4.69) is 20.5 Å². The van der Waals surface area contributed by atoms with E-state index in [-0.39, 0.29) is 5.91 Å². The number of anilines is 1. The standard InChI is InChI=1S/C18H11Cl2F2N5OS2/c1-8(30-18-26-25-15-11(20)5-10(19)6-27(15)18)16(28)24-17-23-14(7-29-17)9-2-3-12(21)13(22)4-9/h2-8H,1H3,(H,23,24,28). The minimum atomic E-state index is -0.961. The van der Waals surface area contributed by atoms with Crippen LogP contribution in [0, 0.1) is 11.6 Å². The van der Waals surface area contributed by atoms with E-state index < -0.39 is 16.9 Å². The van der Waals surface area contributed by atoms with Gasteiger partial charge in [-0.2, -0.15) is 0 Å². The molecule has 0 bridgehead atoms. The van der Waals surface area contributed by atoms with Crippen molar-refractivity contribution in [3.05, 3.63) is 57.5 Å². The number of halogens is 4. The number of fused-ring (bicyclic) bond motifs is 1. The molecule has 1 unspecified atom stereocenters. The van der Waals surface area contributed by atoms with Crippen molar-refractivity contribution in [2.45, 2.75) is 17.3 Å². The second kappa shape index (κ2) is 8.46. The molecule has 0 aliphatic carbocycles. The summed E-state index contributed by atoms with van der Waals surface area (Å²) in [5.41, 5.74) is 1.28. The Hall–Kier alpha value is -2.27. The van der Waals surface area contributed by atoms with Crippen LogP contribution < -0.4 is 5.32 Å². The minimum Gasteiger partial charge on any atom is -0.301 e. The van der Waals surface area contributed by atoms with E-state index in [1.807, 2.05) is 0 Å². The summed E-state index contributed by atoms with van der Waals surface area (Å²) < 4.78 is 28.1. The van der Waals surface area contributed by atoms with Crippen molar-refractivity contribution in [2.75, 3.05) is 5.32 Å². The monoisotopic (exact) mass is 485 g/mol. The molecule has 0 fully saturated rings. The lowest BCUT2D eigenvalue weighted by atomic mass is 10.2. The first-order chi connectivity index (χ1) is 14.3. The second-order valence-corrected chi connectivity index (χ2v) is 9.11. The van der Waals surface area contributed by atoms with Crippen molar-refractivity contribution >= 4 is 63.0 Å². The molecule has 1 aromatic carbocycles. The van der Waals surface area contributed by atoms with Crippen LogP contribution in [0.25, 0.3) is 16.9 Å². The van der Waals surface area contributed by atoms with Gasteiger partial charge in [-0.15, -0.1) is 21.5 Å². The van der Waals surface area contributed by atoms with Crippen LogP contribution in [0.3, 0.4) is 0 Å². The SMILES string of the molecule is CC(Sc1nnc2c(Cl)cc(Cl)cn12)C(=O)Nc1nc(-c2ccc(F)c(F)c2)cs1. The molecule has 1 N–H and O–H groups in total. The van der Waals surface area contributed by atoms with Crippen LogP contribution in [0.4, 0.5) is 13.9 Å². The average Bonchev–Trinajstić information content (AvgIpc) is 3.31. The Morgan fingerprint density at radius 1 is 1.23 bits per heavy atom. The van der Waals surface area contributed by atoms with Crippen LogP contribution in [0.5, 0.6) is 0 Å². The Morgan fingerprint density at radius 3 is 2.80 bits per heavy atom. The minimum absolute atomic E-state index is 0.309. The summed E-state index contributed by atoms with van der Waals surface area (Å²) in [6, 6.07) is 5.07. The van der Waals surface area contributed by atoms with E-state index >= 15 is 0 Å². The molecule has 0 aliphatic heterocycles. The number of benzene rings is 1. The molecular formula is C18H11Cl2F2N5OS2. The van der Waals surface area contributed by atoms with Gasteiger partial charge in [-0.25, -0.2) is 13.8 Å². The Bertz CT molecular complexity index is 1260. The number of nitrogens with zero attached hydrogens (tertiary/aromatic N) is 4. The highest BCUT2D eigenvalue weighted by Crippen LogP contribution is 2.29. The quantitative estimate of drug-likeness (QED) is 0.374. The number of hydrogen-bond acceptors (Lipinski definition) is 6. The molecule has 12 heteroatoms. The molecule has 0 aliphatic rings. The number of carbonyl (C=O) groups is 1. The first kappa shape index (κ1) is 21.0. The Balaban J connectivity index is 1.47. The number of hydrogen-bond donors (Lipinski definition) is 1. The van der Waals surface area contributed by atoms with Crippen LogP contribution in [0.1, 0.15) is 6.92 Å². The topological polar surface area (TPSA) is 72.2 Å². The highest BCUT2D eigenvalue weighted by Gasteiger charge is 2.20. The maximum absolute atomic E-state index is 13.4. The molecule has 0 radical (unpaired) electrons. The first-order valence-corrected chi connectivity index (χ1v) is 10.9. The average molecular weight is 486 g/mol. The highest BCUT2D eigenvalue weighted by molar-refractivity contribution is 8.00. The van der Waals surface area contributed by atoms with Gasteiger partial charge in [0.05, 0.1) is 21.0 Å². The van der Waals surface area contributed by atoms with Gasteiger partial charge in [0, 0.05) is 17.1 Å². The normalized spacial score (nSPS) is 12.3. The molecule has 1 atom stereocenters. The molecule has 4 rings (SSSR count). The molecule has 0 saturated heterocycles. The lowest BCUT2D eigenvalue weighted by Crippen LogP contribution is -2.22. The van der Waals surface area contributed by atoms with Crippen molar-refractivity contribution in [1.29, 1.82) is 0 Å². The van der Waals surface area contributed by atoms with Crippen LogP contribution in [0.2, 0.25) is 10.0 Å². The van der Waals surface area contributed by atoms with E-state index in [1.165, 1.54) is 29.2 Å². The number of pyridine rings is 1. The Morgan fingerprint density at radius 2 is 2.03 bits per heavy atom. The fourth-order valence-electron chi connectivity index (χ4n) is 2.52. The summed E-state index contributed by atoms with van der Waals surface area (Å²) in [6.45, 7) is 1.71. The molecule has 3 heterocycles. The predicted molar refractivity (Wildman–Crippen MR) is 114 cm³/mol. The number of amides is 1. The van der Waals surface area contributed by atoms with Gasteiger partial charge in [0.1, 0.15) is 0 Å². The van der Waals surface area contributed by atoms with Gasteiger partial charge in [0.15, 0.2) is 27.6 Å². The van der Waals surface area contributed by atoms with Crippen molar-refractivity contribution in [2.24, 2.45) is 0 Å². The molecule has 3 aromatic heterocycles. The van der Waals surface area contributed by atoms with Gasteiger partial charge < -0.3 is 5.32 Å². The zero-order chi connectivity index (χ0) is 21.4.